The van der Waals surface area contributed by atoms with E-state index in [1.807, 2.05) is 18.2 Å². The number of hydrogen-bond acceptors (Lipinski definition) is 8. The second-order valence-corrected chi connectivity index (χ2v) is 7.68. The van der Waals surface area contributed by atoms with Gasteiger partial charge in [0.05, 0.1) is 33.5 Å². The summed E-state index contributed by atoms with van der Waals surface area (Å²) in [5.41, 5.74) is 1.60. The number of Topliss-reactive ketones (excluding diaryl/α,β-unsaturated/α-hetero) is 1. The van der Waals surface area contributed by atoms with Gasteiger partial charge in [-0.25, -0.2) is 4.79 Å². The van der Waals surface area contributed by atoms with Gasteiger partial charge < -0.3 is 28.4 Å². The van der Waals surface area contributed by atoms with Crippen LogP contribution in [-0.4, -0.2) is 39.7 Å². The molecule has 0 aromatic heterocycles. The first-order valence-corrected chi connectivity index (χ1v) is 11.3. The van der Waals surface area contributed by atoms with Crippen molar-refractivity contribution in [3.63, 3.8) is 0 Å². The first-order valence-electron chi connectivity index (χ1n) is 11.3. The Kier molecular flexibility index (Phi) is 7.44. The van der Waals surface area contributed by atoms with Gasteiger partial charge in [-0.15, -0.1) is 0 Å². The number of hydrogen-bond donors (Lipinski definition) is 0. The van der Waals surface area contributed by atoms with Gasteiger partial charge in [-0.05, 0) is 37.3 Å². The van der Waals surface area contributed by atoms with E-state index >= 15 is 0 Å². The van der Waals surface area contributed by atoms with Crippen molar-refractivity contribution in [3.05, 3.63) is 83.1 Å². The van der Waals surface area contributed by atoms with Gasteiger partial charge in [-0.1, -0.05) is 30.3 Å². The molecule has 8 heteroatoms. The lowest BCUT2D eigenvalue weighted by Crippen LogP contribution is -2.21. The SMILES string of the molecule is CCOC(=O)[C@@H](Oc1ccc2c(c1)O/C(=C\c1ccc(OC)c(OC)c1OC)C2=O)c1ccccc1. The molecule has 8 nitrogen and oxygen atoms in total. The number of ether oxygens (including phenoxy) is 6. The molecule has 0 saturated heterocycles. The van der Waals surface area contributed by atoms with Gasteiger partial charge in [0.2, 0.25) is 17.6 Å². The number of carbonyl (C=O) groups is 2. The number of benzene rings is 3. The van der Waals surface area contributed by atoms with Gasteiger partial charge in [0.1, 0.15) is 11.5 Å². The summed E-state index contributed by atoms with van der Waals surface area (Å²) in [6, 6.07) is 17.3. The van der Waals surface area contributed by atoms with E-state index in [0.29, 0.717) is 45.4 Å². The van der Waals surface area contributed by atoms with Crippen LogP contribution in [0.15, 0.2) is 66.4 Å². The second-order valence-electron chi connectivity index (χ2n) is 7.68. The molecule has 0 radical (unpaired) electrons. The number of esters is 1. The Hall–Kier alpha value is -4.46. The summed E-state index contributed by atoms with van der Waals surface area (Å²) in [5.74, 6) is 1.28. The lowest BCUT2D eigenvalue weighted by molar-refractivity contribution is -0.151. The fourth-order valence-electron chi connectivity index (χ4n) is 3.85. The minimum absolute atomic E-state index is 0.109. The summed E-state index contributed by atoms with van der Waals surface area (Å²) in [6.07, 6.45) is 0.613. The number of carbonyl (C=O) groups excluding carboxylic acids is 2. The van der Waals surface area contributed by atoms with E-state index < -0.39 is 12.1 Å². The summed E-state index contributed by atoms with van der Waals surface area (Å²) in [7, 11) is 4.53. The van der Waals surface area contributed by atoms with E-state index in [-0.39, 0.29) is 18.1 Å². The molecular formula is C28H26O8. The van der Waals surface area contributed by atoms with Crippen LogP contribution >= 0.6 is 0 Å². The monoisotopic (exact) mass is 490 g/mol. The average Bonchev–Trinajstić information content (AvgIpc) is 3.21. The summed E-state index contributed by atoms with van der Waals surface area (Å²) < 4.78 is 33.3. The van der Waals surface area contributed by atoms with Crippen LogP contribution in [0.25, 0.3) is 6.08 Å². The maximum absolute atomic E-state index is 13.0. The van der Waals surface area contributed by atoms with Gasteiger partial charge >= 0.3 is 5.97 Å². The van der Waals surface area contributed by atoms with E-state index in [1.165, 1.54) is 21.3 Å². The molecule has 1 aliphatic heterocycles. The topological polar surface area (TPSA) is 89.5 Å². The zero-order valence-corrected chi connectivity index (χ0v) is 20.4. The highest BCUT2D eigenvalue weighted by molar-refractivity contribution is 6.14. The molecule has 36 heavy (non-hydrogen) atoms. The Morgan fingerprint density at radius 2 is 1.69 bits per heavy atom. The van der Waals surface area contributed by atoms with Gasteiger partial charge in [0, 0.05) is 17.2 Å². The van der Waals surface area contributed by atoms with Crippen molar-refractivity contribution in [2.45, 2.75) is 13.0 Å². The summed E-state index contributed by atoms with van der Waals surface area (Å²) in [6.45, 7) is 1.96. The van der Waals surface area contributed by atoms with E-state index in [4.69, 9.17) is 28.4 Å². The molecule has 0 unspecified atom stereocenters. The summed E-state index contributed by atoms with van der Waals surface area (Å²) in [5, 5.41) is 0. The lowest BCUT2D eigenvalue weighted by Gasteiger charge is -2.18. The summed E-state index contributed by atoms with van der Waals surface area (Å²) in [4.78, 5) is 25.6. The highest BCUT2D eigenvalue weighted by Crippen LogP contribution is 2.42. The number of ketones is 1. The highest BCUT2D eigenvalue weighted by atomic mass is 16.6. The maximum atomic E-state index is 13.0. The van der Waals surface area contributed by atoms with Crippen molar-refractivity contribution >= 4 is 17.8 Å². The van der Waals surface area contributed by atoms with Crippen LogP contribution in [-0.2, 0) is 9.53 Å². The summed E-state index contributed by atoms with van der Waals surface area (Å²) >= 11 is 0. The molecular weight excluding hydrogens is 464 g/mol. The van der Waals surface area contributed by atoms with Crippen molar-refractivity contribution < 1.29 is 38.0 Å². The molecule has 0 N–H and O–H groups in total. The predicted octanol–water partition coefficient (Wildman–Crippen LogP) is 5.01. The van der Waals surface area contributed by atoms with E-state index in [0.717, 1.165) is 0 Å². The first kappa shape index (κ1) is 24.7. The van der Waals surface area contributed by atoms with Gasteiger partial charge in [-0.3, -0.25) is 4.79 Å². The number of fused-ring (bicyclic) bond motifs is 1. The van der Waals surface area contributed by atoms with Crippen molar-refractivity contribution in [2.75, 3.05) is 27.9 Å². The molecule has 4 rings (SSSR count). The van der Waals surface area contributed by atoms with Crippen molar-refractivity contribution in [1.82, 2.24) is 0 Å². The van der Waals surface area contributed by atoms with Crippen molar-refractivity contribution in [1.29, 1.82) is 0 Å². The van der Waals surface area contributed by atoms with Crippen LogP contribution in [0.1, 0.15) is 34.5 Å². The Morgan fingerprint density at radius 3 is 2.36 bits per heavy atom. The highest BCUT2D eigenvalue weighted by Gasteiger charge is 2.30. The smallest absolute Gasteiger partial charge is 0.352 e. The molecule has 0 spiro atoms. The number of methoxy groups -OCH3 is 3. The molecule has 0 saturated carbocycles. The largest absolute Gasteiger partial charge is 0.493 e. The third kappa shape index (κ3) is 4.84. The number of rotatable bonds is 9. The first-order chi connectivity index (χ1) is 17.5. The third-order valence-corrected chi connectivity index (χ3v) is 5.52. The Balaban J connectivity index is 1.63. The van der Waals surface area contributed by atoms with Crippen LogP contribution in [0.5, 0.6) is 28.7 Å². The Bertz CT molecular complexity index is 1300. The number of allylic oxidation sites excluding steroid dienone is 1. The van der Waals surface area contributed by atoms with Crippen LogP contribution in [0, 0.1) is 0 Å². The van der Waals surface area contributed by atoms with Gasteiger partial charge in [0.25, 0.3) is 0 Å². The van der Waals surface area contributed by atoms with E-state index in [2.05, 4.69) is 0 Å². The molecule has 0 aliphatic carbocycles. The van der Waals surface area contributed by atoms with Crippen molar-refractivity contribution in [2.24, 2.45) is 0 Å². The molecule has 0 bridgehead atoms. The molecule has 1 heterocycles. The minimum atomic E-state index is -0.965. The fourth-order valence-corrected chi connectivity index (χ4v) is 3.85. The Morgan fingerprint density at radius 1 is 0.944 bits per heavy atom. The van der Waals surface area contributed by atoms with Crippen LogP contribution in [0.2, 0.25) is 0 Å². The maximum Gasteiger partial charge on any atom is 0.352 e. The lowest BCUT2D eigenvalue weighted by atomic mass is 10.1. The average molecular weight is 491 g/mol. The van der Waals surface area contributed by atoms with E-state index in [1.54, 1.807) is 55.5 Å². The fraction of sp³-hybridized carbons (Fsp3) is 0.214. The normalized spacial score (nSPS) is 14.0. The third-order valence-electron chi connectivity index (χ3n) is 5.52. The molecule has 1 atom stereocenters. The van der Waals surface area contributed by atoms with Gasteiger partial charge in [0.15, 0.2) is 17.3 Å². The Labute approximate surface area is 209 Å². The van der Waals surface area contributed by atoms with Gasteiger partial charge in [-0.2, -0.15) is 0 Å². The quantitative estimate of drug-likeness (QED) is 0.305. The second kappa shape index (κ2) is 10.9. The molecule has 0 fully saturated rings. The standard InChI is InChI=1S/C28H26O8/c1-5-34-28(30)26(17-9-7-6-8-10-17)35-19-12-13-20-22(16-19)36-23(24(20)29)15-18-11-14-21(31-2)27(33-4)25(18)32-3/h6-16,26H,5H2,1-4H3/b23-15-/t26-/m0/s1. The molecule has 0 amide bonds. The molecule has 186 valence electrons. The molecule has 1 aliphatic rings. The molecule has 3 aromatic rings. The van der Waals surface area contributed by atoms with Crippen molar-refractivity contribution in [3.8, 4) is 28.7 Å². The van der Waals surface area contributed by atoms with E-state index in [9.17, 15) is 9.59 Å². The predicted molar refractivity (Wildman–Crippen MR) is 132 cm³/mol. The van der Waals surface area contributed by atoms with Crippen LogP contribution < -0.4 is 23.7 Å². The zero-order valence-electron chi connectivity index (χ0n) is 20.4. The zero-order chi connectivity index (χ0) is 25.7. The van der Waals surface area contributed by atoms with Crippen LogP contribution in [0.4, 0.5) is 0 Å². The minimum Gasteiger partial charge on any atom is -0.493 e. The molecule has 3 aromatic carbocycles. The van der Waals surface area contributed by atoms with Crippen LogP contribution in [0.3, 0.4) is 0 Å².